The molecule has 1 atom stereocenters. The second kappa shape index (κ2) is 13.3. The Kier molecular flexibility index (Phi) is 9.61. The summed E-state index contributed by atoms with van der Waals surface area (Å²) in [5.74, 6) is -11.9. The van der Waals surface area contributed by atoms with Crippen LogP contribution in [0.5, 0.6) is 0 Å². The summed E-state index contributed by atoms with van der Waals surface area (Å²) >= 11 is 0. The second-order valence-corrected chi connectivity index (χ2v) is 11.0. The highest BCUT2D eigenvalue weighted by Crippen LogP contribution is 2.42. The monoisotopic (exact) mass is 735 g/mol. The zero-order valence-corrected chi connectivity index (χ0v) is 25.0. The number of hydrogen-bond donors (Lipinski definition) is 2. The lowest BCUT2D eigenvalue weighted by molar-refractivity contribution is -0.140. The Labute approximate surface area is 277 Å². The van der Waals surface area contributed by atoms with E-state index in [0.717, 1.165) is 0 Å². The molecule has 1 aromatic heterocycles. The standard InChI is InChI=1S/C32H18F13N5O/c33-21-11-19(10-20(12-21)30(38,39)28(36)37)29(18-6-8-25(35)23(13-18)32(43,44)45,14-15-1-3-16(4-2-15)26-47-49-50-48-26)46-27(51)17-5-7-24(34)22(9-17)31(40,41)42/h1-13,28H,14H2,(H,46,51)(H,47,48,49,50)/t29-/m1/s1. The van der Waals surface area contributed by atoms with Crippen LogP contribution < -0.4 is 5.32 Å². The van der Waals surface area contributed by atoms with Gasteiger partial charge in [0.25, 0.3) is 5.91 Å². The molecule has 1 amide bonds. The molecule has 0 aliphatic carbocycles. The number of carbonyl (C=O) groups excluding carboxylic acids is 1. The molecule has 0 radical (unpaired) electrons. The molecule has 0 fully saturated rings. The van der Waals surface area contributed by atoms with Crippen molar-refractivity contribution in [3.8, 4) is 11.4 Å². The average molecular weight is 736 g/mol. The van der Waals surface area contributed by atoms with Gasteiger partial charge in [0.05, 0.1) is 16.7 Å². The Balaban J connectivity index is 1.81. The fraction of sp³-hybridized carbons (Fsp3) is 0.188. The fourth-order valence-corrected chi connectivity index (χ4v) is 5.23. The third-order valence-electron chi connectivity index (χ3n) is 7.70. The van der Waals surface area contributed by atoms with E-state index in [0.29, 0.717) is 23.8 Å². The topological polar surface area (TPSA) is 83.6 Å². The summed E-state index contributed by atoms with van der Waals surface area (Å²) in [6, 6.07) is 7.73. The van der Waals surface area contributed by atoms with Gasteiger partial charge in [-0.05, 0) is 70.4 Å². The number of H-pyrrole nitrogens is 1. The van der Waals surface area contributed by atoms with Crippen LogP contribution in [0.15, 0.2) is 78.9 Å². The van der Waals surface area contributed by atoms with Gasteiger partial charge in [0.1, 0.15) is 17.5 Å². The summed E-state index contributed by atoms with van der Waals surface area (Å²) < 4.78 is 183. The number of nitrogens with zero attached hydrogens (tertiary/aromatic N) is 3. The van der Waals surface area contributed by atoms with Gasteiger partial charge in [0.15, 0.2) is 0 Å². The second-order valence-electron chi connectivity index (χ2n) is 11.0. The molecular weight excluding hydrogens is 717 g/mol. The van der Waals surface area contributed by atoms with Gasteiger partial charge in [-0.25, -0.2) is 22.0 Å². The Morgan fingerprint density at radius 2 is 1.29 bits per heavy atom. The first-order chi connectivity index (χ1) is 23.7. The Bertz CT molecular complexity index is 2050. The van der Waals surface area contributed by atoms with Crippen LogP contribution >= 0.6 is 0 Å². The van der Waals surface area contributed by atoms with Crippen molar-refractivity contribution in [3.05, 3.63) is 135 Å². The van der Waals surface area contributed by atoms with E-state index in [4.69, 9.17) is 0 Å². The molecule has 268 valence electrons. The molecule has 51 heavy (non-hydrogen) atoms. The minimum atomic E-state index is -5.43. The van der Waals surface area contributed by atoms with Crippen LogP contribution in [-0.2, 0) is 30.2 Å². The van der Waals surface area contributed by atoms with Gasteiger partial charge < -0.3 is 5.32 Å². The smallest absolute Gasteiger partial charge is 0.338 e. The predicted molar refractivity (Wildman–Crippen MR) is 151 cm³/mol. The third-order valence-corrected chi connectivity index (χ3v) is 7.70. The summed E-state index contributed by atoms with van der Waals surface area (Å²) in [5.41, 5.74) is -10.8. The van der Waals surface area contributed by atoms with E-state index in [1.165, 1.54) is 24.3 Å². The van der Waals surface area contributed by atoms with Gasteiger partial charge >= 0.3 is 24.7 Å². The van der Waals surface area contributed by atoms with Crippen molar-refractivity contribution in [1.82, 2.24) is 25.9 Å². The van der Waals surface area contributed by atoms with Gasteiger partial charge in [0.2, 0.25) is 5.82 Å². The first-order valence-electron chi connectivity index (χ1n) is 14.1. The van der Waals surface area contributed by atoms with E-state index in [1.54, 1.807) is 0 Å². The van der Waals surface area contributed by atoms with E-state index < -0.39 is 93.4 Å². The number of alkyl halides is 10. The summed E-state index contributed by atoms with van der Waals surface area (Å²) in [6.45, 7) is 0. The van der Waals surface area contributed by atoms with Crippen molar-refractivity contribution < 1.29 is 61.9 Å². The van der Waals surface area contributed by atoms with Gasteiger partial charge in [-0.3, -0.25) is 4.79 Å². The highest BCUT2D eigenvalue weighted by molar-refractivity contribution is 5.95. The van der Waals surface area contributed by atoms with Crippen molar-refractivity contribution in [2.45, 2.75) is 36.7 Å². The van der Waals surface area contributed by atoms with Crippen LogP contribution in [0.3, 0.4) is 0 Å². The number of tetrazole rings is 1. The van der Waals surface area contributed by atoms with Gasteiger partial charge in [-0.15, -0.1) is 10.2 Å². The quantitative estimate of drug-likeness (QED) is 0.149. The molecule has 0 saturated carbocycles. The van der Waals surface area contributed by atoms with Gasteiger partial charge in [0, 0.05) is 23.1 Å². The molecule has 0 spiro atoms. The van der Waals surface area contributed by atoms with Crippen LogP contribution in [0.2, 0.25) is 0 Å². The van der Waals surface area contributed by atoms with Crippen molar-refractivity contribution >= 4 is 5.91 Å². The molecule has 4 aromatic carbocycles. The SMILES string of the molecule is O=C(N[C@@](Cc1ccc(-c2nn[nH]n2)cc1)(c1cc(F)cc(C(F)(F)C(F)F)c1)c1ccc(F)c(C(F)(F)F)c1)c1ccc(F)c(C(F)(F)F)c1. The predicted octanol–water partition coefficient (Wildman–Crippen LogP) is 8.59. The zero-order valence-electron chi connectivity index (χ0n) is 25.0. The molecule has 1 heterocycles. The van der Waals surface area contributed by atoms with E-state index in [-0.39, 0.29) is 47.8 Å². The largest absolute Gasteiger partial charge is 0.419 e. The average Bonchev–Trinajstić information content (AvgIpc) is 3.59. The maximum atomic E-state index is 15.1. The number of halogens is 13. The summed E-state index contributed by atoms with van der Waals surface area (Å²) in [4.78, 5) is 13.7. The summed E-state index contributed by atoms with van der Waals surface area (Å²) in [5, 5.41) is 15.2. The molecule has 19 heteroatoms. The number of hydrogen-bond acceptors (Lipinski definition) is 4. The van der Waals surface area contributed by atoms with Crippen LogP contribution in [0.1, 0.15) is 43.7 Å². The van der Waals surface area contributed by atoms with Crippen LogP contribution in [0.25, 0.3) is 11.4 Å². The van der Waals surface area contributed by atoms with Crippen molar-refractivity contribution in [2.24, 2.45) is 0 Å². The molecular formula is C32H18F13N5O. The maximum Gasteiger partial charge on any atom is 0.419 e. The van der Waals surface area contributed by atoms with Gasteiger partial charge in [-0.2, -0.15) is 40.3 Å². The molecule has 5 rings (SSSR count). The van der Waals surface area contributed by atoms with E-state index >= 15 is 4.39 Å². The molecule has 5 aromatic rings. The highest BCUT2D eigenvalue weighted by atomic mass is 19.4. The Morgan fingerprint density at radius 1 is 0.706 bits per heavy atom. The first-order valence-corrected chi connectivity index (χ1v) is 14.1. The van der Waals surface area contributed by atoms with Crippen molar-refractivity contribution in [1.29, 1.82) is 0 Å². The first kappa shape index (κ1) is 36.8. The lowest BCUT2D eigenvalue weighted by Gasteiger charge is -2.37. The number of aromatic amines is 1. The molecule has 0 unspecified atom stereocenters. The van der Waals surface area contributed by atoms with Crippen molar-refractivity contribution in [2.75, 3.05) is 0 Å². The Morgan fingerprint density at radius 3 is 1.86 bits per heavy atom. The fourth-order valence-electron chi connectivity index (χ4n) is 5.23. The Hall–Kier alpha value is -5.49. The lowest BCUT2D eigenvalue weighted by Crippen LogP contribution is -2.49. The minimum absolute atomic E-state index is 0.00180. The van der Waals surface area contributed by atoms with Crippen LogP contribution in [0, 0.1) is 17.5 Å². The number of rotatable bonds is 9. The normalized spacial score (nSPS) is 13.7. The molecule has 2 N–H and O–H groups in total. The lowest BCUT2D eigenvalue weighted by atomic mass is 9.76. The molecule has 6 nitrogen and oxygen atoms in total. The number of benzene rings is 4. The maximum absolute atomic E-state index is 15.1. The molecule has 0 bridgehead atoms. The molecule has 0 aliphatic rings. The number of carbonyl (C=O) groups is 1. The van der Waals surface area contributed by atoms with Crippen LogP contribution in [0.4, 0.5) is 57.1 Å². The number of amides is 1. The molecule has 0 aliphatic heterocycles. The van der Waals surface area contributed by atoms with E-state index in [1.807, 2.05) is 0 Å². The van der Waals surface area contributed by atoms with E-state index in [9.17, 15) is 57.5 Å². The summed E-state index contributed by atoms with van der Waals surface area (Å²) in [7, 11) is 0. The van der Waals surface area contributed by atoms with Crippen molar-refractivity contribution in [3.63, 3.8) is 0 Å². The highest BCUT2D eigenvalue weighted by Gasteiger charge is 2.46. The molecule has 0 saturated heterocycles. The zero-order chi connectivity index (χ0) is 37.5. The number of nitrogens with one attached hydrogen (secondary N) is 2. The van der Waals surface area contributed by atoms with E-state index in [2.05, 4.69) is 25.9 Å². The van der Waals surface area contributed by atoms with Crippen LogP contribution in [-0.4, -0.2) is 33.0 Å². The minimum Gasteiger partial charge on any atom is -0.338 e. The third kappa shape index (κ3) is 7.51. The van der Waals surface area contributed by atoms with Gasteiger partial charge in [-0.1, -0.05) is 30.3 Å². The summed E-state index contributed by atoms with van der Waals surface area (Å²) in [6.07, 6.45) is -16.1. The number of aromatic nitrogens is 4.